The van der Waals surface area contributed by atoms with Crippen molar-refractivity contribution < 1.29 is 4.74 Å². The largest absolute Gasteiger partial charge is 0.496 e. The predicted octanol–water partition coefficient (Wildman–Crippen LogP) is 2.69. The van der Waals surface area contributed by atoms with Crippen LogP contribution in [0.5, 0.6) is 5.75 Å². The molecule has 1 aromatic carbocycles. The molecular formula is C15H16N4O. The number of nitriles is 1. The number of rotatable bonds is 3. The fourth-order valence-corrected chi connectivity index (χ4v) is 1.86. The first-order valence-corrected chi connectivity index (χ1v) is 6.18. The minimum atomic E-state index is 0.374. The molecule has 1 heterocycles. The minimum Gasteiger partial charge on any atom is -0.496 e. The van der Waals surface area contributed by atoms with Crippen molar-refractivity contribution in [3.05, 3.63) is 35.7 Å². The predicted molar refractivity (Wildman–Crippen MR) is 77.5 cm³/mol. The van der Waals surface area contributed by atoms with E-state index in [1.807, 2.05) is 19.2 Å². The quantitative estimate of drug-likeness (QED) is 0.632. The lowest BCUT2D eigenvalue weighted by Crippen LogP contribution is -2.11. The Labute approximate surface area is 118 Å². The molecule has 0 unspecified atom stereocenters. The highest BCUT2D eigenvalue weighted by atomic mass is 16.5. The maximum Gasteiger partial charge on any atom is 0.238 e. The first kappa shape index (κ1) is 13.8. The summed E-state index contributed by atoms with van der Waals surface area (Å²) in [5.74, 6) is 1.16. The summed E-state index contributed by atoms with van der Waals surface area (Å²) >= 11 is 0. The van der Waals surface area contributed by atoms with E-state index in [9.17, 15) is 0 Å². The Hall–Kier alpha value is -2.61. The van der Waals surface area contributed by atoms with Crippen LogP contribution in [-0.2, 0) is 0 Å². The summed E-state index contributed by atoms with van der Waals surface area (Å²) in [4.78, 5) is 9.69. The van der Waals surface area contributed by atoms with E-state index in [1.54, 1.807) is 26.6 Å². The van der Waals surface area contributed by atoms with Crippen molar-refractivity contribution in [1.82, 2.24) is 9.97 Å². The van der Waals surface area contributed by atoms with E-state index in [0.29, 0.717) is 5.95 Å². The van der Waals surface area contributed by atoms with Gasteiger partial charge in [-0.1, -0.05) is 0 Å². The molecule has 0 atom stereocenters. The van der Waals surface area contributed by atoms with Crippen LogP contribution in [0.2, 0.25) is 0 Å². The third kappa shape index (κ3) is 2.54. The standard InChI is InChI=1S/C15H16N4O/c1-10-5-13(14(20-4)6-11(10)2)12-7-17-15(18-8-12)19(3)9-16/h5-8H,1-4H3. The number of nitrogens with zero attached hydrogens (tertiary/aromatic N) is 4. The summed E-state index contributed by atoms with van der Waals surface area (Å²) in [7, 11) is 3.26. The van der Waals surface area contributed by atoms with Gasteiger partial charge in [-0.2, -0.15) is 5.26 Å². The third-order valence-corrected chi connectivity index (χ3v) is 3.22. The van der Waals surface area contributed by atoms with Gasteiger partial charge < -0.3 is 4.74 Å². The fraction of sp³-hybridized carbons (Fsp3) is 0.267. The molecule has 1 aromatic heterocycles. The Balaban J connectivity index is 2.47. The molecule has 0 fully saturated rings. The van der Waals surface area contributed by atoms with Gasteiger partial charge in [-0.05, 0) is 37.1 Å². The summed E-state index contributed by atoms with van der Waals surface area (Å²) in [6.07, 6.45) is 5.36. The number of methoxy groups -OCH3 is 1. The first-order chi connectivity index (χ1) is 9.56. The maximum atomic E-state index is 8.80. The normalized spacial score (nSPS) is 9.95. The summed E-state index contributed by atoms with van der Waals surface area (Å²) < 4.78 is 5.42. The second-order valence-electron chi connectivity index (χ2n) is 4.57. The Bertz CT molecular complexity index is 659. The lowest BCUT2D eigenvalue weighted by Gasteiger charge is -2.12. The van der Waals surface area contributed by atoms with Crippen molar-refractivity contribution in [3.8, 4) is 23.1 Å². The number of hydrogen-bond acceptors (Lipinski definition) is 5. The summed E-state index contributed by atoms with van der Waals surface area (Å²) in [5, 5.41) is 8.80. The molecule has 102 valence electrons. The Kier molecular flexibility index (Phi) is 3.85. The molecule has 0 spiro atoms. The van der Waals surface area contributed by atoms with Crippen molar-refractivity contribution in [2.45, 2.75) is 13.8 Å². The fourth-order valence-electron chi connectivity index (χ4n) is 1.86. The van der Waals surface area contributed by atoms with Gasteiger partial charge in [0.2, 0.25) is 5.95 Å². The van der Waals surface area contributed by atoms with Gasteiger partial charge in [0, 0.05) is 30.6 Å². The van der Waals surface area contributed by atoms with Crippen LogP contribution >= 0.6 is 0 Å². The second-order valence-corrected chi connectivity index (χ2v) is 4.57. The first-order valence-electron chi connectivity index (χ1n) is 6.18. The van der Waals surface area contributed by atoms with Crippen LogP contribution in [0.4, 0.5) is 5.95 Å². The van der Waals surface area contributed by atoms with E-state index in [4.69, 9.17) is 10.00 Å². The molecule has 0 radical (unpaired) electrons. The summed E-state index contributed by atoms with van der Waals surface area (Å²) in [6, 6.07) is 4.06. The number of aromatic nitrogens is 2. The molecular weight excluding hydrogens is 252 g/mol. The molecule has 0 aliphatic rings. The molecule has 2 aromatic rings. The zero-order valence-electron chi connectivity index (χ0n) is 12.0. The van der Waals surface area contributed by atoms with Crippen LogP contribution in [0.1, 0.15) is 11.1 Å². The van der Waals surface area contributed by atoms with E-state index >= 15 is 0 Å². The van der Waals surface area contributed by atoms with Crippen molar-refractivity contribution in [2.24, 2.45) is 0 Å². The molecule has 5 nitrogen and oxygen atoms in total. The lowest BCUT2D eigenvalue weighted by atomic mass is 10.0. The SMILES string of the molecule is COc1cc(C)c(C)cc1-c1cnc(N(C)C#N)nc1. The molecule has 2 rings (SSSR count). The maximum absolute atomic E-state index is 8.80. The number of anilines is 1. The second kappa shape index (κ2) is 5.57. The van der Waals surface area contributed by atoms with Gasteiger partial charge in [-0.3, -0.25) is 4.90 Å². The molecule has 20 heavy (non-hydrogen) atoms. The van der Waals surface area contributed by atoms with E-state index in [1.165, 1.54) is 16.0 Å². The van der Waals surface area contributed by atoms with E-state index in [-0.39, 0.29) is 0 Å². The summed E-state index contributed by atoms with van der Waals surface area (Å²) in [6.45, 7) is 4.10. The highest BCUT2D eigenvalue weighted by molar-refractivity contribution is 5.71. The van der Waals surface area contributed by atoms with Gasteiger partial charge in [0.05, 0.1) is 7.11 Å². The van der Waals surface area contributed by atoms with Crippen LogP contribution in [0.25, 0.3) is 11.1 Å². The minimum absolute atomic E-state index is 0.374. The zero-order chi connectivity index (χ0) is 14.7. The summed E-state index contributed by atoms with van der Waals surface area (Å²) in [5.41, 5.74) is 4.16. The van der Waals surface area contributed by atoms with Gasteiger partial charge in [-0.15, -0.1) is 0 Å². The van der Waals surface area contributed by atoms with Gasteiger partial charge in [0.25, 0.3) is 0 Å². The van der Waals surface area contributed by atoms with Crippen molar-refractivity contribution >= 4 is 5.95 Å². The molecule has 0 saturated carbocycles. The Morgan fingerprint density at radius 2 is 1.75 bits per heavy atom. The van der Waals surface area contributed by atoms with E-state index in [0.717, 1.165) is 16.9 Å². The van der Waals surface area contributed by atoms with Crippen LogP contribution in [0.15, 0.2) is 24.5 Å². The van der Waals surface area contributed by atoms with E-state index < -0.39 is 0 Å². The molecule has 0 aliphatic heterocycles. The molecule has 0 saturated heterocycles. The van der Waals surface area contributed by atoms with Crippen LogP contribution < -0.4 is 9.64 Å². The Morgan fingerprint density at radius 1 is 1.15 bits per heavy atom. The topological polar surface area (TPSA) is 62.0 Å². The molecule has 5 heteroatoms. The van der Waals surface area contributed by atoms with E-state index in [2.05, 4.69) is 23.0 Å². The lowest BCUT2D eigenvalue weighted by molar-refractivity contribution is 0.416. The highest BCUT2D eigenvalue weighted by Gasteiger charge is 2.10. The molecule has 0 aliphatic carbocycles. The monoisotopic (exact) mass is 268 g/mol. The van der Waals surface area contributed by atoms with Crippen LogP contribution in [0, 0.1) is 25.3 Å². The average molecular weight is 268 g/mol. The van der Waals surface area contributed by atoms with Crippen molar-refractivity contribution in [2.75, 3.05) is 19.1 Å². The third-order valence-electron chi connectivity index (χ3n) is 3.22. The van der Waals surface area contributed by atoms with Crippen LogP contribution in [-0.4, -0.2) is 24.1 Å². The highest BCUT2D eigenvalue weighted by Crippen LogP contribution is 2.32. The molecule has 0 N–H and O–H groups in total. The Morgan fingerprint density at radius 3 is 2.30 bits per heavy atom. The number of ether oxygens (including phenoxy) is 1. The average Bonchev–Trinajstić information content (AvgIpc) is 2.49. The molecule has 0 amide bonds. The van der Waals surface area contributed by atoms with Crippen LogP contribution in [0.3, 0.4) is 0 Å². The molecule has 0 bridgehead atoms. The van der Waals surface area contributed by atoms with Crippen molar-refractivity contribution in [1.29, 1.82) is 5.26 Å². The van der Waals surface area contributed by atoms with Gasteiger partial charge in [-0.25, -0.2) is 9.97 Å². The smallest absolute Gasteiger partial charge is 0.238 e. The van der Waals surface area contributed by atoms with Gasteiger partial charge in [0.15, 0.2) is 6.19 Å². The number of benzene rings is 1. The zero-order valence-corrected chi connectivity index (χ0v) is 12.0. The van der Waals surface area contributed by atoms with Gasteiger partial charge in [0.1, 0.15) is 5.75 Å². The number of aryl methyl sites for hydroxylation is 2. The van der Waals surface area contributed by atoms with Crippen molar-refractivity contribution in [3.63, 3.8) is 0 Å². The number of hydrogen-bond donors (Lipinski definition) is 0. The van der Waals surface area contributed by atoms with Gasteiger partial charge >= 0.3 is 0 Å².